The van der Waals surface area contributed by atoms with Gasteiger partial charge in [0.25, 0.3) is 0 Å². The summed E-state index contributed by atoms with van der Waals surface area (Å²) in [6, 6.07) is 9.76. The Kier molecular flexibility index (Phi) is 3.07. The van der Waals surface area contributed by atoms with Gasteiger partial charge in [-0.05, 0) is 25.8 Å². The van der Waals surface area contributed by atoms with E-state index in [9.17, 15) is 5.11 Å². The molecule has 0 radical (unpaired) electrons. The Bertz CT molecular complexity index is 251. The number of hydrogen-bond acceptors (Lipinski definition) is 2. The van der Waals surface area contributed by atoms with Crippen LogP contribution < -0.4 is 5.73 Å². The predicted molar refractivity (Wildman–Crippen MR) is 54.3 cm³/mol. The molecule has 0 aliphatic carbocycles. The highest BCUT2D eigenvalue weighted by atomic mass is 16.3. The second-order valence-corrected chi connectivity index (χ2v) is 4.03. The summed E-state index contributed by atoms with van der Waals surface area (Å²) in [6.07, 6.45) is 0.580. The van der Waals surface area contributed by atoms with Crippen LogP contribution in [0.5, 0.6) is 0 Å². The van der Waals surface area contributed by atoms with E-state index in [0.717, 1.165) is 5.56 Å². The average Bonchev–Trinajstić information content (AvgIpc) is 2.03. The minimum atomic E-state index is -0.699. The van der Waals surface area contributed by atoms with Gasteiger partial charge in [0.05, 0.1) is 5.60 Å². The SMILES string of the molecule is CC(C)(O)C[C@@H](N)c1ccccc1. The van der Waals surface area contributed by atoms with E-state index in [1.807, 2.05) is 30.3 Å². The fourth-order valence-corrected chi connectivity index (χ4v) is 1.36. The summed E-state index contributed by atoms with van der Waals surface area (Å²) >= 11 is 0. The van der Waals surface area contributed by atoms with Crippen molar-refractivity contribution in [3.05, 3.63) is 35.9 Å². The molecule has 1 atom stereocenters. The van der Waals surface area contributed by atoms with Crippen molar-refractivity contribution in [1.29, 1.82) is 0 Å². The predicted octanol–water partition coefficient (Wildman–Crippen LogP) is 1.85. The summed E-state index contributed by atoms with van der Waals surface area (Å²) < 4.78 is 0. The van der Waals surface area contributed by atoms with Crippen LogP contribution in [0.15, 0.2) is 30.3 Å². The molecular formula is C11H17NO. The van der Waals surface area contributed by atoms with E-state index in [1.165, 1.54) is 0 Å². The van der Waals surface area contributed by atoms with E-state index in [4.69, 9.17) is 5.73 Å². The zero-order valence-corrected chi connectivity index (χ0v) is 8.20. The molecule has 0 saturated heterocycles. The average molecular weight is 179 g/mol. The highest BCUT2D eigenvalue weighted by Gasteiger charge is 2.18. The minimum absolute atomic E-state index is 0.0822. The summed E-state index contributed by atoms with van der Waals surface area (Å²) in [7, 11) is 0. The smallest absolute Gasteiger partial charge is 0.0609 e. The third-order valence-corrected chi connectivity index (χ3v) is 1.95. The first-order chi connectivity index (χ1) is 5.99. The summed E-state index contributed by atoms with van der Waals surface area (Å²) in [6.45, 7) is 3.55. The number of rotatable bonds is 3. The van der Waals surface area contributed by atoms with Crippen molar-refractivity contribution in [3.8, 4) is 0 Å². The van der Waals surface area contributed by atoms with Crippen molar-refractivity contribution in [3.63, 3.8) is 0 Å². The molecule has 0 aromatic heterocycles. The van der Waals surface area contributed by atoms with Gasteiger partial charge in [0.2, 0.25) is 0 Å². The molecule has 1 aromatic rings. The maximum absolute atomic E-state index is 9.57. The zero-order chi connectivity index (χ0) is 9.90. The maximum Gasteiger partial charge on any atom is 0.0609 e. The van der Waals surface area contributed by atoms with Crippen LogP contribution in [0, 0.1) is 0 Å². The van der Waals surface area contributed by atoms with Crippen molar-refractivity contribution in [2.24, 2.45) is 5.73 Å². The molecule has 1 rings (SSSR count). The van der Waals surface area contributed by atoms with Crippen LogP contribution in [-0.4, -0.2) is 10.7 Å². The minimum Gasteiger partial charge on any atom is -0.390 e. The zero-order valence-electron chi connectivity index (χ0n) is 8.20. The normalized spacial score (nSPS) is 14.2. The molecule has 0 bridgehead atoms. The van der Waals surface area contributed by atoms with Gasteiger partial charge in [0.15, 0.2) is 0 Å². The van der Waals surface area contributed by atoms with Crippen molar-refractivity contribution in [2.45, 2.75) is 31.9 Å². The number of benzene rings is 1. The van der Waals surface area contributed by atoms with Gasteiger partial charge < -0.3 is 10.8 Å². The molecule has 2 nitrogen and oxygen atoms in total. The van der Waals surface area contributed by atoms with E-state index in [0.29, 0.717) is 6.42 Å². The first-order valence-corrected chi connectivity index (χ1v) is 4.52. The van der Waals surface area contributed by atoms with Gasteiger partial charge in [0, 0.05) is 6.04 Å². The monoisotopic (exact) mass is 179 g/mol. The molecule has 0 aliphatic rings. The Morgan fingerprint density at radius 2 is 1.85 bits per heavy atom. The van der Waals surface area contributed by atoms with Crippen LogP contribution in [0.1, 0.15) is 31.9 Å². The lowest BCUT2D eigenvalue weighted by Gasteiger charge is -2.22. The highest BCUT2D eigenvalue weighted by Crippen LogP contribution is 2.20. The highest BCUT2D eigenvalue weighted by molar-refractivity contribution is 5.18. The summed E-state index contributed by atoms with van der Waals surface area (Å²) in [5.41, 5.74) is 6.30. The molecule has 3 N–H and O–H groups in total. The largest absolute Gasteiger partial charge is 0.390 e. The molecule has 0 heterocycles. The summed E-state index contributed by atoms with van der Waals surface area (Å²) in [5.74, 6) is 0. The van der Waals surface area contributed by atoms with E-state index in [2.05, 4.69) is 0 Å². The Balaban J connectivity index is 2.64. The maximum atomic E-state index is 9.57. The van der Waals surface area contributed by atoms with Gasteiger partial charge in [-0.1, -0.05) is 30.3 Å². The molecule has 0 unspecified atom stereocenters. The number of nitrogens with two attached hydrogens (primary N) is 1. The fourth-order valence-electron chi connectivity index (χ4n) is 1.36. The van der Waals surface area contributed by atoms with Gasteiger partial charge in [-0.25, -0.2) is 0 Å². The van der Waals surface area contributed by atoms with E-state index in [-0.39, 0.29) is 6.04 Å². The molecule has 0 spiro atoms. The van der Waals surface area contributed by atoms with Gasteiger partial charge in [-0.3, -0.25) is 0 Å². The van der Waals surface area contributed by atoms with Crippen LogP contribution >= 0.6 is 0 Å². The lowest BCUT2D eigenvalue weighted by molar-refractivity contribution is 0.0635. The lowest BCUT2D eigenvalue weighted by Crippen LogP contribution is -2.26. The molecule has 0 saturated carbocycles. The molecule has 1 aromatic carbocycles. The molecule has 0 fully saturated rings. The molecule has 0 amide bonds. The summed E-state index contributed by atoms with van der Waals surface area (Å²) in [5, 5.41) is 9.57. The topological polar surface area (TPSA) is 46.2 Å². The lowest BCUT2D eigenvalue weighted by atomic mass is 9.95. The van der Waals surface area contributed by atoms with Crippen molar-refractivity contribution in [1.82, 2.24) is 0 Å². The van der Waals surface area contributed by atoms with Crippen molar-refractivity contribution >= 4 is 0 Å². The van der Waals surface area contributed by atoms with E-state index >= 15 is 0 Å². The van der Waals surface area contributed by atoms with Crippen molar-refractivity contribution < 1.29 is 5.11 Å². The molecule has 2 heteroatoms. The number of hydrogen-bond donors (Lipinski definition) is 2. The van der Waals surface area contributed by atoms with Crippen LogP contribution in [0.2, 0.25) is 0 Å². The first kappa shape index (κ1) is 10.2. The van der Waals surface area contributed by atoms with Crippen LogP contribution in [0.4, 0.5) is 0 Å². The Labute approximate surface area is 79.4 Å². The third-order valence-electron chi connectivity index (χ3n) is 1.95. The van der Waals surface area contributed by atoms with Crippen LogP contribution in [0.25, 0.3) is 0 Å². The van der Waals surface area contributed by atoms with E-state index < -0.39 is 5.60 Å². The van der Waals surface area contributed by atoms with Gasteiger partial charge >= 0.3 is 0 Å². The second-order valence-electron chi connectivity index (χ2n) is 4.03. The molecular weight excluding hydrogens is 162 g/mol. The Hall–Kier alpha value is -0.860. The number of aliphatic hydroxyl groups is 1. The molecule has 13 heavy (non-hydrogen) atoms. The quantitative estimate of drug-likeness (QED) is 0.743. The third kappa shape index (κ3) is 3.57. The van der Waals surface area contributed by atoms with Gasteiger partial charge in [0.1, 0.15) is 0 Å². The molecule has 0 aliphatic heterocycles. The Morgan fingerprint density at radius 3 is 2.31 bits per heavy atom. The van der Waals surface area contributed by atoms with Gasteiger partial charge in [-0.15, -0.1) is 0 Å². The van der Waals surface area contributed by atoms with Crippen LogP contribution in [0.3, 0.4) is 0 Å². The van der Waals surface area contributed by atoms with Crippen LogP contribution in [-0.2, 0) is 0 Å². The second kappa shape index (κ2) is 3.90. The fraction of sp³-hybridized carbons (Fsp3) is 0.455. The first-order valence-electron chi connectivity index (χ1n) is 4.52. The molecule has 72 valence electrons. The Morgan fingerprint density at radius 1 is 1.31 bits per heavy atom. The van der Waals surface area contributed by atoms with Crippen molar-refractivity contribution in [2.75, 3.05) is 0 Å². The standard InChI is InChI=1S/C11H17NO/c1-11(2,13)8-10(12)9-6-4-3-5-7-9/h3-7,10,13H,8,12H2,1-2H3/t10-/m1/s1. The van der Waals surface area contributed by atoms with Gasteiger partial charge in [-0.2, -0.15) is 0 Å². The summed E-state index contributed by atoms with van der Waals surface area (Å²) in [4.78, 5) is 0. The van der Waals surface area contributed by atoms with E-state index in [1.54, 1.807) is 13.8 Å².